The fourth-order valence-corrected chi connectivity index (χ4v) is 3.46. The predicted octanol–water partition coefficient (Wildman–Crippen LogP) is 6.69. The molecule has 0 radical (unpaired) electrons. The smallest absolute Gasteiger partial charge is 0.204 e. The molecule has 0 bridgehead atoms. The van der Waals surface area contributed by atoms with Crippen molar-refractivity contribution in [2.24, 2.45) is 11.8 Å². The zero-order valence-corrected chi connectivity index (χ0v) is 16.1. The third kappa shape index (κ3) is 6.30. The summed E-state index contributed by atoms with van der Waals surface area (Å²) in [6.45, 7) is 4.92. The van der Waals surface area contributed by atoms with E-state index in [-0.39, 0.29) is 11.5 Å². The quantitative estimate of drug-likeness (QED) is 0.339. The van der Waals surface area contributed by atoms with Gasteiger partial charge in [-0.3, -0.25) is 0 Å². The zero-order chi connectivity index (χ0) is 18.8. The summed E-state index contributed by atoms with van der Waals surface area (Å²) in [6, 6.07) is 2.93. The summed E-state index contributed by atoms with van der Waals surface area (Å²) in [5.74, 6) is -0.733. The van der Waals surface area contributed by atoms with Gasteiger partial charge < -0.3 is 9.47 Å². The van der Waals surface area contributed by atoms with Crippen molar-refractivity contribution in [1.29, 1.82) is 0 Å². The molecule has 2 nitrogen and oxygen atoms in total. The molecule has 0 N–H and O–H groups in total. The number of hydrogen-bond donors (Lipinski definition) is 0. The lowest BCUT2D eigenvalue weighted by molar-refractivity contribution is 0.173. The van der Waals surface area contributed by atoms with Crippen molar-refractivity contribution in [1.82, 2.24) is 0 Å². The molecule has 0 saturated heterocycles. The van der Waals surface area contributed by atoms with Gasteiger partial charge in [0.15, 0.2) is 11.5 Å². The van der Waals surface area contributed by atoms with Gasteiger partial charge in [0.25, 0.3) is 0 Å². The Balaban J connectivity index is 1.78. The Labute approximate surface area is 156 Å². The van der Waals surface area contributed by atoms with Gasteiger partial charge in [-0.05, 0) is 63.0 Å². The van der Waals surface area contributed by atoms with Gasteiger partial charge >= 0.3 is 0 Å². The Kier molecular flexibility index (Phi) is 8.93. The number of allylic oxidation sites excluding steroid dienone is 2. The van der Waals surface area contributed by atoms with E-state index >= 15 is 0 Å². The van der Waals surface area contributed by atoms with Gasteiger partial charge in [-0.1, -0.05) is 38.3 Å². The molecule has 1 aliphatic rings. The Bertz CT molecular complexity index is 564. The molecule has 4 heteroatoms. The second-order valence-electron chi connectivity index (χ2n) is 7.24. The number of rotatable bonds is 10. The van der Waals surface area contributed by atoms with Gasteiger partial charge in [0, 0.05) is 0 Å². The molecule has 0 heterocycles. The van der Waals surface area contributed by atoms with Crippen molar-refractivity contribution in [2.45, 2.75) is 65.2 Å². The largest absolute Gasteiger partial charge is 0.490 e. The maximum absolute atomic E-state index is 14.2. The van der Waals surface area contributed by atoms with E-state index in [1.165, 1.54) is 31.4 Å². The fourth-order valence-electron chi connectivity index (χ4n) is 3.46. The Morgan fingerprint density at radius 1 is 1.00 bits per heavy atom. The molecule has 0 spiro atoms. The topological polar surface area (TPSA) is 18.5 Å². The highest BCUT2D eigenvalue weighted by Crippen LogP contribution is 2.33. The van der Waals surface area contributed by atoms with E-state index in [0.717, 1.165) is 38.0 Å². The van der Waals surface area contributed by atoms with Crippen LogP contribution in [-0.4, -0.2) is 13.2 Å². The van der Waals surface area contributed by atoms with Crippen LogP contribution in [0.5, 0.6) is 11.5 Å². The van der Waals surface area contributed by atoms with E-state index in [9.17, 15) is 8.78 Å². The van der Waals surface area contributed by atoms with Gasteiger partial charge in [-0.15, -0.1) is 0 Å². The van der Waals surface area contributed by atoms with Crippen LogP contribution in [0.3, 0.4) is 0 Å². The van der Waals surface area contributed by atoms with E-state index < -0.39 is 11.6 Å². The first-order chi connectivity index (χ1) is 12.7. The normalized spacial score (nSPS) is 20.5. The van der Waals surface area contributed by atoms with Crippen LogP contribution >= 0.6 is 0 Å². The van der Waals surface area contributed by atoms with Gasteiger partial charge in [0.2, 0.25) is 11.6 Å². The van der Waals surface area contributed by atoms with Gasteiger partial charge in [0.1, 0.15) is 0 Å². The summed E-state index contributed by atoms with van der Waals surface area (Å²) in [4.78, 5) is 0. The highest BCUT2D eigenvalue weighted by molar-refractivity contribution is 5.35. The van der Waals surface area contributed by atoms with E-state index in [1.54, 1.807) is 0 Å². The van der Waals surface area contributed by atoms with Crippen LogP contribution in [0.1, 0.15) is 65.2 Å². The minimum absolute atomic E-state index is 0.0134. The summed E-state index contributed by atoms with van der Waals surface area (Å²) in [7, 11) is 0. The lowest BCUT2D eigenvalue weighted by Gasteiger charge is -2.28. The molecule has 0 atom stereocenters. The number of halogens is 2. The molecule has 1 saturated carbocycles. The van der Waals surface area contributed by atoms with Crippen molar-refractivity contribution >= 4 is 0 Å². The molecule has 26 heavy (non-hydrogen) atoms. The van der Waals surface area contributed by atoms with Gasteiger partial charge in [0.05, 0.1) is 13.2 Å². The standard InChI is InChI=1S/C22H32F2O2/c1-3-5-7-8-17-9-11-18(12-10-17)16-26-20-14-13-19(21(23)22(20)24)25-15-6-4-2/h3,5,13-14,17-18H,4,6-12,15-16H2,1-2H3/b5-3+. The molecule has 1 aromatic carbocycles. The second kappa shape index (κ2) is 11.2. The molecule has 0 unspecified atom stereocenters. The van der Waals surface area contributed by atoms with Crippen molar-refractivity contribution < 1.29 is 18.3 Å². The lowest BCUT2D eigenvalue weighted by atomic mass is 9.80. The third-order valence-electron chi connectivity index (χ3n) is 5.19. The summed E-state index contributed by atoms with van der Waals surface area (Å²) in [5.41, 5.74) is 0. The molecule has 1 aliphatic carbocycles. The zero-order valence-electron chi connectivity index (χ0n) is 16.1. The molecule has 0 amide bonds. The number of benzene rings is 1. The summed E-state index contributed by atoms with van der Waals surface area (Å²) < 4.78 is 39.1. The van der Waals surface area contributed by atoms with Crippen molar-refractivity contribution in [3.63, 3.8) is 0 Å². The second-order valence-corrected chi connectivity index (χ2v) is 7.24. The fraction of sp³-hybridized carbons (Fsp3) is 0.636. The van der Waals surface area contributed by atoms with Crippen LogP contribution in [0.15, 0.2) is 24.3 Å². The van der Waals surface area contributed by atoms with Crippen molar-refractivity contribution in [2.75, 3.05) is 13.2 Å². The average Bonchev–Trinajstić information content (AvgIpc) is 2.66. The molecule has 2 rings (SSSR count). The van der Waals surface area contributed by atoms with Crippen LogP contribution in [0.4, 0.5) is 8.78 Å². The monoisotopic (exact) mass is 366 g/mol. The minimum atomic E-state index is -0.953. The van der Waals surface area contributed by atoms with E-state index in [4.69, 9.17) is 9.47 Å². The molecule has 1 fully saturated rings. The summed E-state index contributed by atoms with van der Waals surface area (Å²) in [6.07, 6.45) is 13.1. The van der Waals surface area contributed by atoms with E-state index in [0.29, 0.717) is 19.1 Å². The van der Waals surface area contributed by atoms with Gasteiger partial charge in [-0.2, -0.15) is 8.78 Å². The summed E-state index contributed by atoms with van der Waals surface area (Å²) in [5, 5.41) is 0. The predicted molar refractivity (Wildman–Crippen MR) is 102 cm³/mol. The summed E-state index contributed by atoms with van der Waals surface area (Å²) >= 11 is 0. The Hall–Kier alpha value is -1.58. The van der Waals surface area contributed by atoms with E-state index in [2.05, 4.69) is 19.1 Å². The Morgan fingerprint density at radius 2 is 1.62 bits per heavy atom. The molecular weight excluding hydrogens is 334 g/mol. The van der Waals surface area contributed by atoms with Crippen molar-refractivity contribution in [3.05, 3.63) is 35.9 Å². The van der Waals surface area contributed by atoms with Crippen LogP contribution in [0.2, 0.25) is 0 Å². The number of hydrogen-bond acceptors (Lipinski definition) is 2. The molecule has 0 aromatic heterocycles. The molecule has 146 valence electrons. The van der Waals surface area contributed by atoms with Crippen LogP contribution < -0.4 is 9.47 Å². The Morgan fingerprint density at radius 3 is 2.23 bits per heavy atom. The van der Waals surface area contributed by atoms with Crippen LogP contribution in [0, 0.1) is 23.5 Å². The highest BCUT2D eigenvalue weighted by Gasteiger charge is 2.22. The van der Waals surface area contributed by atoms with Crippen LogP contribution in [0.25, 0.3) is 0 Å². The number of ether oxygens (including phenoxy) is 2. The average molecular weight is 366 g/mol. The first-order valence-electron chi connectivity index (χ1n) is 10.00. The molecular formula is C22H32F2O2. The van der Waals surface area contributed by atoms with Crippen molar-refractivity contribution in [3.8, 4) is 11.5 Å². The molecule has 1 aromatic rings. The lowest BCUT2D eigenvalue weighted by Crippen LogP contribution is -2.20. The van der Waals surface area contributed by atoms with E-state index in [1.807, 2.05) is 6.92 Å². The molecule has 0 aliphatic heterocycles. The maximum atomic E-state index is 14.2. The maximum Gasteiger partial charge on any atom is 0.204 e. The SMILES string of the molecule is C/C=C/CCC1CCC(COc2ccc(OCCCC)c(F)c2F)CC1. The third-order valence-corrected chi connectivity index (χ3v) is 5.19. The first-order valence-corrected chi connectivity index (χ1v) is 10.00. The van der Waals surface area contributed by atoms with Gasteiger partial charge in [-0.25, -0.2) is 0 Å². The first kappa shape index (κ1) is 20.7. The number of unbranched alkanes of at least 4 members (excludes halogenated alkanes) is 1. The minimum Gasteiger partial charge on any atom is -0.490 e. The highest BCUT2D eigenvalue weighted by atomic mass is 19.2. The van der Waals surface area contributed by atoms with Crippen LogP contribution in [-0.2, 0) is 0 Å².